The molecule has 0 amide bonds. The SMILES string of the molecule is CCCCCCC/C=C\C/C=C\CCCCCCCCCCCCCCCCCC(=O)OCC(COC(=O)CCCCCCC/C=C\CCCCCCCC)OC(=O)CCCCCCCCCCCCC/C=C\CCCCCCCCCC. The standard InChI is InChI=1S/C77H142O6/c1-4-7-10-13-16-19-22-25-28-30-32-34-36-37-38-39-41-42-44-46-49-52-55-58-61-64-67-70-76(79)82-73-74(72-81-75(78)69-66-63-60-57-54-51-48-27-24-21-18-15-12-9-6-3)83-77(80)71-68-65-62-59-56-53-50-47-45-43-40-35-33-31-29-26-23-20-17-14-11-8-5-2/h22,25,27,30-33,48,74H,4-21,23-24,26,28-29,34-47,49-73H2,1-3H3/b25-22-,32-30-,33-31-,48-27-. The van der Waals surface area contributed by atoms with E-state index in [9.17, 15) is 14.4 Å². The highest BCUT2D eigenvalue weighted by Crippen LogP contribution is 2.18. The van der Waals surface area contributed by atoms with Gasteiger partial charge in [0.25, 0.3) is 0 Å². The first-order chi connectivity index (χ1) is 41.0. The molecule has 0 aliphatic carbocycles. The van der Waals surface area contributed by atoms with E-state index in [0.29, 0.717) is 19.3 Å². The van der Waals surface area contributed by atoms with Gasteiger partial charge in [-0.3, -0.25) is 14.4 Å². The number of hydrogen-bond acceptors (Lipinski definition) is 6. The maximum Gasteiger partial charge on any atom is 0.306 e. The molecule has 486 valence electrons. The Labute approximate surface area is 518 Å². The zero-order valence-corrected chi connectivity index (χ0v) is 56.0. The smallest absolute Gasteiger partial charge is 0.306 e. The first-order valence-corrected chi connectivity index (χ1v) is 37.1. The molecule has 0 rings (SSSR count). The van der Waals surface area contributed by atoms with Crippen LogP contribution < -0.4 is 0 Å². The lowest BCUT2D eigenvalue weighted by Crippen LogP contribution is -2.30. The maximum absolute atomic E-state index is 13.0. The third-order valence-corrected chi connectivity index (χ3v) is 16.8. The Balaban J connectivity index is 4.26. The fourth-order valence-corrected chi connectivity index (χ4v) is 11.2. The van der Waals surface area contributed by atoms with E-state index in [1.165, 1.54) is 295 Å². The summed E-state index contributed by atoms with van der Waals surface area (Å²) in [5, 5.41) is 0. The molecule has 0 saturated heterocycles. The Morgan fingerprint density at radius 3 is 0.675 bits per heavy atom. The van der Waals surface area contributed by atoms with Crippen molar-refractivity contribution in [3.05, 3.63) is 48.6 Å². The fraction of sp³-hybridized carbons (Fsp3) is 0.857. The van der Waals surface area contributed by atoms with Crippen molar-refractivity contribution >= 4 is 17.9 Å². The van der Waals surface area contributed by atoms with E-state index in [4.69, 9.17) is 14.2 Å². The number of ether oxygens (including phenoxy) is 3. The van der Waals surface area contributed by atoms with Crippen LogP contribution in [0.15, 0.2) is 48.6 Å². The number of hydrogen-bond donors (Lipinski definition) is 0. The van der Waals surface area contributed by atoms with Gasteiger partial charge in [0.05, 0.1) is 0 Å². The van der Waals surface area contributed by atoms with E-state index in [1.807, 2.05) is 0 Å². The van der Waals surface area contributed by atoms with Crippen LogP contribution in [0.1, 0.15) is 406 Å². The van der Waals surface area contributed by atoms with Crippen molar-refractivity contribution in [1.29, 1.82) is 0 Å². The number of carbonyl (C=O) groups excluding carboxylic acids is 3. The van der Waals surface area contributed by atoms with Gasteiger partial charge in [0, 0.05) is 19.3 Å². The van der Waals surface area contributed by atoms with Crippen molar-refractivity contribution in [2.45, 2.75) is 412 Å². The number of allylic oxidation sites excluding steroid dienone is 8. The van der Waals surface area contributed by atoms with E-state index in [-0.39, 0.29) is 31.1 Å². The number of carbonyl (C=O) groups is 3. The summed E-state index contributed by atoms with van der Waals surface area (Å²) >= 11 is 0. The molecule has 1 unspecified atom stereocenters. The van der Waals surface area contributed by atoms with Gasteiger partial charge in [0.1, 0.15) is 13.2 Å². The van der Waals surface area contributed by atoms with Gasteiger partial charge < -0.3 is 14.2 Å². The van der Waals surface area contributed by atoms with Crippen molar-refractivity contribution in [2.24, 2.45) is 0 Å². The van der Waals surface area contributed by atoms with Crippen LogP contribution in [0.25, 0.3) is 0 Å². The van der Waals surface area contributed by atoms with Crippen LogP contribution in [0.4, 0.5) is 0 Å². The summed E-state index contributed by atoms with van der Waals surface area (Å²) in [6.07, 6.45) is 91.5. The van der Waals surface area contributed by atoms with Crippen molar-refractivity contribution in [3.63, 3.8) is 0 Å². The van der Waals surface area contributed by atoms with E-state index in [1.54, 1.807) is 0 Å². The molecule has 0 aromatic heterocycles. The second kappa shape index (κ2) is 71.8. The molecule has 0 saturated carbocycles. The molecular formula is C77H142O6. The van der Waals surface area contributed by atoms with E-state index in [2.05, 4.69) is 69.4 Å². The largest absolute Gasteiger partial charge is 0.462 e. The monoisotopic (exact) mass is 1160 g/mol. The first-order valence-electron chi connectivity index (χ1n) is 37.1. The summed E-state index contributed by atoms with van der Waals surface area (Å²) in [6, 6.07) is 0. The maximum atomic E-state index is 13.0. The summed E-state index contributed by atoms with van der Waals surface area (Å²) in [5.41, 5.74) is 0. The highest BCUT2D eigenvalue weighted by molar-refractivity contribution is 5.71. The minimum Gasteiger partial charge on any atom is -0.462 e. The Bertz CT molecular complexity index is 1430. The predicted molar refractivity (Wildman–Crippen MR) is 362 cm³/mol. The van der Waals surface area contributed by atoms with Crippen LogP contribution in [-0.4, -0.2) is 37.2 Å². The molecule has 83 heavy (non-hydrogen) atoms. The van der Waals surface area contributed by atoms with Crippen molar-refractivity contribution in [3.8, 4) is 0 Å². The Hall–Kier alpha value is -2.63. The van der Waals surface area contributed by atoms with Gasteiger partial charge in [-0.25, -0.2) is 0 Å². The molecule has 0 N–H and O–H groups in total. The topological polar surface area (TPSA) is 78.9 Å². The van der Waals surface area contributed by atoms with E-state index < -0.39 is 6.10 Å². The third-order valence-electron chi connectivity index (χ3n) is 16.8. The second-order valence-electron chi connectivity index (χ2n) is 25.2. The van der Waals surface area contributed by atoms with Gasteiger partial charge in [-0.1, -0.05) is 333 Å². The lowest BCUT2D eigenvalue weighted by atomic mass is 10.0. The molecule has 0 radical (unpaired) electrons. The minimum absolute atomic E-state index is 0.0721. The normalized spacial score (nSPS) is 12.3. The molecule has 0 spiro atoms. The van der Waals surface area contributed by atoms with Crippen molar-refractivity contribution < 1.29 is 28.6 Å². The lowest BCUT2D eigenvalue weighted by molar-refractivity contribution is -0.167. The summed E-state index contributed by atoms with van der Waals surface area (Å²) in [7, 11) is 0. The predicted octanol–water partition coefficient (Wildman–Crippen LogP) is 25.7. The average Bonchev–Trinajstić information content (AvgIpc) is 3.49. The van der Waals surface area contributed by atoms with Gasteiger partial charge in [0.2, 0.25) is 0 Å². The molecule has 0 aromatic carbocycles. The molecule has 0 heterocycles. The van der Waals surface area contributed by atoms with E-state index in [0.717, 1.165) is 70.6 Å². The van der Waals surface area contributed by atoms with Crippen LogP contribution in [0.3, 0.4) is 0 Å². The van der Waals surface area contributed by atoms with Crippen molar-refractivity contribution in [1.82, 2.24) is 0 Å². The molecule has 6 heteroatoms. The number of rotatable bonds is 69. The Kier molecular flexibility index (Phi) is 69.6. The van der Waals surface area contributed by atoms with Gasteiger partial charge in [-0.15, -0.1) is 0 Å². The second-order valence-corrected chi connectivity index (χ2v) is 25.2. The van der Waals surface area contributed by atoms with Gasteiger partial charge in [0.15, 0.2) is 6.10 Å². The highest BCUT2D eigenvalue weighted by Gasteiger charge is 2.19. The van der Waals surface area contributed by atoms with Gasteiger partial charge >= 0.3 is 17.9 Å². The van der Waals surface area contributed by atoms with Crippen LogP contribution >= 0.6 is 0 Å². The Morgan fingerprint density at radius 1 is 0.241 bits per heavy atom. The molecule has 0 fully saturated rings. The summed E-state index contributed by atoms with van der Waals surface area (Å²) in [4.78, 5) is 38.5. The van der Waals surface area contributed by atoms with Gasteiger partial charge in [-0.2, -0.15) is 0 Å². The lowest BCUT2D eigenvalue weighted by Gasteiger charge is -2.18. The quantitative estimate of drug-likeness (QED) is 0.0261. The van der Waals surface area contributed by atoms with Crippen LogP contribution in [0, 0.1) is 0 Å². The summed E-state index contributed by atoms with van der Waals surface area (Å²) in [6.45, 7) is 6.69. The molecule has 0 aliphatic rings. The summed E-state index contributed by atoms with van der Waals surface area (Å²) in [5.74, 6) is -0.854. The zero-order valence-electron chi connectivity index (χ0n) is 56.0. The highest BCUT2D eigenvalue weighted by atomic mass is 16.6. The van der Waals surface area contributed by atoms with Crippen molar-refractivity contribution in [2.75, 3.05) is 13.2 Å². The van der Waals surface area contributed by atoms with Crippen LogP contribution in [-0.2, 0) is 28.6 Å². The molecule has 6 nitrogen and oxygen atoms in total. The van der Waals surface area contributed by atoms with E-state index >= 15 is 0 Å². The van der Waals surface area contributed by atoms with Crippen LogP contribution in [0.2, 0.25) is 0 Å². The number of unbranched alkanes of at least 4 members (excludes halogenated alkanes) is 50. The first kappa shape index (κ1) is 80.4. The molecule has 0 bridgehead atoms. The third kappa shape index (κ3) is 70.0. The zero-order chi connectivity index (χ0) is 59.9. The number of esters is 3. The minimum atomic E-state index is -0.777. The summed E-state index contributed by atoms with van der Waals surface area (Å²) < 4.78 is 17.0. The Morgan fingerprint density at radius 2 is 0.434 bits per heavy atom. The van der Waals surface area contributed by atoms with Crippen LogP contribution in [0.5, 0.6) is 0 Å². The molecule has 1 atom stereocenters. The average molecular weight is 1160 g/mol. The van der Waals surface area contributed by atoms with Gasteiger partial charge in [-0.05, 0) is 103 Å². The molecule has 0 aromatic rings. The molecule has 0 aliphatic heterocycles. The molecular weight excluding hydrogens is 1020 g/mol. The fourth-order valence-electron chi connectivity index (χ4n) is 11.2.